The van der Waals surface area contributed by atoms with Crippen LogP contribution in [0.4, 0.5) is 5.82 Å². The van der Waals surface area contributed by atoms with Crippen molar-refractivity contribution in [3.05, 3.63) is 22.4 Å². The summed E-state index contributed by atoms with van der Waals surface area (Å²) in [5.74, 6) is 1.82. The fraction of sp³-hybridized carbons (Fsp3) is 0.571. The maximum atomic E-state index is 5.59. The van der Waals surface area contributed by atoms with E-state index in [9.17, 15) is 0 Å². The summed E-state index contributed by atoms with van der Waals surface area (Å²) in [6.07, 6.45) is 6.19. The van der Waals surface area contributed by atoms with Crippen molar-refractivity contribution in [1.29, 1.82) is 0 Å². The van der Waals surface area contributed by atoms with Crippen LogP contribution in [0.2, 0.25) is 0 Å². The lowest BCUT2D eigenvalue weighted by atomic mass is 9.83. The van der Waals surface area contributed by atoms with Gasteiger partial charge in [0.2, 0.25) is 0 Å². The van der Waals surface area contributed by atoms with E-state index in [-0.39, 0.29) is 0 Å². The number of nitrogens with zero attached hydrogens (tertiary/aromatic N) is 3. The van der Waals surface area contributed by atoms with Gasteiger partial charge < -0.3 is 11.1 Å². The summed E-state index contributed by atoms with van der Waals surface area (Å²) < 4.78 is 2.73. The number of imidazole rings is 1. The normalized spacial score (nSPS) is 15.5. The maximum Gasteiger partial charge on any atom is 0.155 e. The van der Waals surface area contributed by atoms with Crippen LogP contribution in [-0.2, 0) is 6.42 Å². The predicted molar refractivity (Wildman–Crippen MR) is 83.9 cm³/mol. The Morgan fingerprint density at radius 2 is 2.25 bits per heavy atom. The first-order valence-electron chi connectivity index (χ1n) is 7.26. The highest BCUT2D eigenvalue weighted by Crippen LogP contribution is 2.29. The molecule has 6 heteroatoms. The monoisotopic (exact) mass is 337 g/mol. The van der Waals surface area contributed by atoms with E-state index in [1.807, 2.05) is 16.6 Å². The smallest absolute Gasteiger partial charge is 0.155 e. The fourth-order valence-corrected chi connectivity index (χ4v) is 3.08. The summed E-state index contributed by atoms with van der Waals surface area (Å²) in [7, 11) is 0. The van der Waals surface area contributed by atoms with Crippen LogP contribution < -0.4 is 11.1 Å². The molecule has 20 heavy (non-hydrogen) atoms. The van der Waals surface area contributed by atoms with Crippen molar-refractivity contribution in [2.45, 2.75) is 32.1 Å². The zero-order valence-corrected chi connectivity index (χ0v) is 13.1. The summed E-state index contributed by atoms with van der Waals surface area (Å²) >= 11 is 3.55. The number of nitrogens with one attached hydrogen (secondary N) is 1. The molecule has 1 aliphatic rings. The second-order valence-electron chi connectivity index (χ2n) is 5.39. The van der Waals surface area contributed by atoms with Crippen molar-refractivity contribution >= 4 is 27.4 Å². The minimum absolute atomic E-state index is 0.592. The van der Waals surface area contributed by atoms with E-state index in [0.717, 1.165) is 40.6 Å². The number of halogens is 1. The number of hydrogen-bond donors (Lipinski definition) is 2. The van der Waals surface area contributed by atoms with Crippen LogP contribution in [0.15, 0.2) is 16.7 Å². The Morgan fingerprint density at radius 3 is 2.95 bits per heavy atom. The van der Waals surface area contributed by atoms with Crippen LogP contribution in [0.3, 0.4) is 0 Å². The molecule has 0 bridgehead atoms. The van der Waals surface area contributed by atoms with Gasteiger partial charge in [-0.15, -0.1) is 5.10 Å². The second-order valence-corrected chi connectivity index (χ2v) is 6.14. The average Bonchev–Trinajstić information content (AvgIpc) is 2.70. The number of anilines is 1. The summed E-state index contributed by atoms with van der Waals surface area (Å²) in [6.45, 7) is 1.58. The molecule has 5 nitrogen and oxygen atoms in total. The van der Waals surface area contributed by atoms with Crippen molar-refractivity contribution in [3.8, 4) is 0 Å². The van der Waals surface area contributed by atoms with Crippen molar-refractivity contribution < 1.29 is 0 Å². The number of aromatic nitrogens is 3. The lowest BCUT2D eigenvalue weighted by Crippen LogP contribution is -2.16. The minimum Gasteiger partial charge on any atom is -0.369 e. The third kappa shape index (κ3) is 2.81. The molecule has 0 spiro atoms. The van der Waals surface area contributed by atoms with E-state index in [1.165, 1.54) is 25.7 Å². The first-order chi connectivity index (χ1) is 9.78. The summed E-state index contributed by atoms with van der Waals surface area (Å²) in [4.78, 5) is 4.52. The van der Waals surface area contributed by atoms with E-state index in [4.69, 9.17) is 5.73 Å². The van der Waals surface area contributed by atoms with Gasteiger partial charge in [0.25, 0.3) is 0 Å². The van der Waals surface area contributed by atoms with Gasteiger partial charge in [-0.05, 0) is 46.9 Å². The topological polar surface area (TPSA) is 68.2 Å². The zero-order valence-electron chi connectivity index (χ0n) is 11.5. The van der Waals surface area contributed by atoms with Crippen molar-refractivity contribution in [3.63, 3.8) is 0 Å². The molecule has 0 aromatic carbocycles. The molecule has 3 N–H and O–H groups in total. The number of rotatable bonds is 6. The van der Waals surface area contributed by atoms with Gasteiger partial charge in [-0.3, -0.25) is 0 Å². The molecule has 0 saturated heterocycles. The molecule has 0 radical (unpaired) electrons. The summed E-state index contributed by atoms with van der Waals surface area (Å²) in [6, 6.07) is 3.98. The van der Waals surface area contributed by atoms with Gasteiger partial charge in [-0.1, -0.05) is 19.3 Å². The van der Waals surface area contributed by atoms with Crippen LogP contribution >= 0.6 is 15.9 Å². The summed E-state index contributed by atoms with van der Waals surface area (Å²) in [5, 5.41) is 7.97. The Morgan fingerprint density at radius 1 is 1.40 bits per heavy atom. The fourth-order valence-electron chi connectivity index (χ4n) is 2.53. The molecule has 0 aliphatic heterocycles. The van der Waals surface area contributed by atoms with Crippen LogP contribution in [0.1, 0.15) is 31.4 Å². The van der Waals surface area contributed by atoms with Gasteiger partial charge in [0.15, 0.2) is 5.65 Å². The van der Waals surface area contributed by atoms with Gasteiger partial charge in [0, 0.05) is 13.0 Å². The first-order valence-corrected chi connectivity index (χ1v) is 8.05. The van der Waals surface area contributed by atoms with E-state index >= 15 is 0 Å². The first kappa shape index (κ1) is 13.8. The van der Waals surface area contributed by atoms with Gasteiger partial charge in [-0.2, -0.15) is 0 Å². The number of nitrogens with two attached hydrogens (primary N) is 1. The maximum absolute atomic E-state index is 5.59. The van der Waals surface area contributed by atoms with Gasteiger partial charge in [0.05, 0.1) is 5.69 Å². The Hall–Kier alpha value is -1.14. The quantitative estimate of drug-likeness (QED) is 0.850. The SMILES string of the molecule is NCCc1nc2ccc(NCCC3CCC3)nn2c1Br. The highest BCUT2D eigenvalue weighted by molar-refractivity contribution is 9.10. The highest BCUT2D eigenvalue weighted by atomic mass is 79.9. The van der Waals surface area contributed by atoms with Crippen LogP contribution in [0, 0.1) is 5.92 Å². The Balaban J connectivity index is 1.70. The standard InChI is InChI=1S/C14H20BrN5/c15-14-11(6-8-16)18-13-5-4-12(19-20(13)14)17-9-7-10-2-1-3-10/h4-5,10H,1-3,6-9,16H2,(H,17,19). The molecule has 1 fully saturated rings. The molecule has 0 amide bonds. The van der Waals surface area contributed by atoms with Gasteiger partial charge in [-0.25, -0.2) is 9.50 Å². The molecular formula is C14H20BrN5. The third-order valence-corrected chi connectivity index (χ3v) is 4.75. The van der Waals surface area contributed by atoms with E-state index < -0.39 is 0 Å². The number of hydrogen-bond acceptors (Lipinski definition) is 4. The van der Waals surface area contributed by atoms with Crippen molar-refractivity contribution in [2.24, 2.45) is 11.7 Å². The molecule has 1 aliphatic carbocycles. The lowest BCUT2D eigenvalue weighted by molar-refractivity contribution is 0.303. The van der Waals surface area contributed by atoms with Crippen LogP contribution in [0.25, 0.3) is 5.65 Å². The summed E-state index contributed by atoms with van der Waals surface area (Å²) in [5.41, 5.74) is 7.41. The van der Waals surface area contributed by atoms with E-state index in [2.05, 4.69) is 31.3 Å². The molecular weight excluding hydrogens is 318 g/mol. The Labute approximate surface area is 127 Å². The van der Waals surface area contributed by atoms with Crippen LogP contribution in [-0.4, -0.2) is 27.7 Å². The molecule has 2 heterocycles. The predicted octanol–water partition coefficient (Wildman–Crippen LogP) is 2.60. The molecule has 0 atom stereocenters. The van der Waals surface area contributed by atoms with Gasteiger partial charge >= 0.3 is 0 Å². The molecule has 2 aromatic rings. The average molecular weight is 338 g/mol. The van der Waals surface area contributed by atoms with Crippen LogP contribution in [0.5, 0.6) is 0 Å². The molecule has 3 rings (SSSR count). The molecule has 108 valence electrons. The van der Waals surface area contributed by atoms with Gasteiger partial charge in [0.1, 0.15) is 10.4 Å². The molecule has 0 unspecified atom stereocenters. The lowest BCUT2D eigenvalue weighted by Gasteiger charge is -2.25. The zero-order chi connectivity index (χ0) is 13.9. The highest BCUT2D eigenvalue weighted by Gasteiger charge is 2.16. The van der Waals surface area contributed by atoms with Crippen molar-refractivity contribution in [1.82, 2.24) is 14.6 Å². The number of fused-ring (bicyclic) bond motifs is 1. The van der Waals surface area contributed by atoms with E-state index in [0.29, 0.717) is 6.54 Å². The van der Waals surface area contributed by atoms with Crippen molar-refractivity contribution in [2.75, 3.05) is 18.4 Å². The minimum atomic E-state index is 0.592. The Bertz CT molecular complexity index is 591. The largest absolute Gasteiger partial charge is 0.369 e. The molecule has 1 saturated carbocycles. The second kappa shape index (κ2) is 6.10. The Kier molecular flexibility index (Phi) is 4.21. The van der Waals surface area contributed by atoms with E-state index in [1.54, 1.807) is 0 Å². The third-order valence-electron chi connectivity index (χ3n) is 3.95. The molecule has 2 aromatic heterocycles.